The van der Waals surface area contributed by atoms with Crippen LogP contribution in [0.15, 0.2) is 24.3 Å². The quantitative estimate of drug-likeness (QED) is 0.751. The molecule has 1 saturated heterocycles. The van der Waals surface area contributed by atoms with Gasteiger partial charge in [-0.15, -0.1) is 0 Å². The van der Waals surface area contributed by atoms with E-state index in [4.69, 9.17) is 5.73 Å². The van der Waals surface area contributed by atoms with Crippen molar-refractivity contribution in [2.24, 2.45) is 5.92 Å². The Bertz CT molecular complexity index is 376. The largest absolute Gasteiger partial charge is 0.397 e. The molecule has 1 heterocycles. The highest BCUT2D eigenvalue weighted by molar-refractivity contribution is 5.67. The summed E-state index contributed by atoms with van der Waals surface area (Å²) in [4.78, 5) is 1.70. The molecule has 0 amide bonds. The summed E-state index contributed by atoms with van der Waals surface area (Å²) in [6.45, 7) is 0.427. The number of nitrogen functional groups attached to an aromatic ring is 1. The third-order valence-electron chi connectivity index (χ3n) is 2.93. The molecular formula is C11H13F3N2. The van der Waals surface area contributed by atoms with Crippen molar-refractivity contribution in [1.29, 1.82) is 0 Å². The molecule has 2 N–H and O–H groups in total. The molecule has 0 radical (unpaired) electrons. The highest BCUT2D eigenvalue weighted by Gasteiger charge is 2.43. The van der Waals surface area contributed by atoms with Gasteiger partial charge in [-0.3, -0.25) is 0 Å². The van der Waals surface area contributed by atoms with Crippen molar-refractivity contribution in [2.75, 3.05) is 23.7 Å². The maximum Gasteiger partial charge on any atom is 0.393 e. The number of anilines is 2. The minimum atomic E-state index is -4.10. The van der Waals surface area contributed by atoms with Gasteiger partial charge in [0.1, 0.15) is 0 Å². The van der Waals surface area contributed by atoms with Gasteiger partial charge in [-0.1, -0.05) is 12.1 Å². The van der Waals surface area contributed by atoms with Crippen LogP contribution in [0.25, 0.3) is 0 Å². The van der Waals surface area contributed by atoms with Crippen LogP contribution in [0, 0.1) is 5.92 Å². The van der Waals surface area contributed by atoms with Crippen molar-refractivity contribution >= 4 is 11.4 Å². The van der Waals surface area contributed by atoms with Crippen LogP contribution >= 0.6 is 0 Å². The standard InChI is InChI=1S/C11H13F3N2/c12-11(13,14)8-5-6-16(7-8)10-4-2-1-3-9(10)15/h1-4,8H,5-7,15H2/t8-/m1/s1. The van der Waals surface area contributed by atoms with Crippen LogP contribution < -0.4 is 10.6 Å². The van der Waals surface area contributed by atoms with Crippen molar-refractivity contribution < 1.29 is 13.2 Å². The Morgan fingerprint density at radius 2 is 1.94 bits per heavy atom. The van der Waals surface area contributed by atoms with Crippen molar-refractivity contribution in [2.45, 2.75) is 12.6 Å². The van der Waals surface area contributed by atoms with E-state index in [0.717, 1.165) is 0 Å². The van der Waals surface area contributed by atoms with E-state index in [-0.39, 0.29) is 13.0 Å². The molecule has 1 aromatic rings. The van der Waals surface area contributed by atoms with Gasteiger partial charge in [-0.2, -0.15) is 13.2 Å². The molecule has 88 valence electrons. The molecule has 0 spiro atoms. The van der Waals surface area contributed by atoms with Crippen molar-refractivity contribution in [3.05, 3.63) is 24.3 Å². The number of para-hydroxylation sites is 2. The van der Waals surface area contributed by atoms with Crippen LogP contribution in [0.3, 0.4) is 0 Å². The van der Waals surface area contributed by atoms with Gasteiger partial charge in [0.25, 0.3) is 0 Å². The minimum absolute atomic E-state index is 0.0116. The molecule has 2 nitrogen and oxygen atoms in total. The lowest BCUT2D eigenvalue weighted by atomic mass is 10.1. The summed E-state index contributed by atoms with van der Waals surface area (Å²) in [5.74, 6) is -1.23. The summed E-state index contributed by atoms with van der Waals surface area (Å²) < 4.78 is 37.5. The Hall–Kier alpha value is -1.39. The molecule has 0 unspecified atom stereocenters. The van der Waals surface area contributed by atoms with Gasteiger partial charge in [-0.25, -0.2) is 0 Å². The zero-order chi connectivity index (χ0) is 11.8. The number of rotatable bonds is 1. The summed E-state index contributed by atoms with van der Waals surface area (Å²) >= 11 is 0. The molecule has 2 rings (SSSR count). The van der Waals surface area contributed by atoms with Crippen LogP contribution in [0.2, 0.25) is 0 Å². The van der Waals surface area contributed by atoms with E-state index in [9.17, 15) is 13.2 Å². The van der Waals surface area contributed by atoms with Gasteiger partial charge in [0.15, 0.2) is 0 Å². The number of halogens is 3. The second kappa shape index (κ2) is 3.88. The third kappa shape index (κ3) is 2.08. The van der Waals surface area contributed by atoms with Crippen LogP contribution in [-0.4, -0.2) is 19.3 Å². The maximum absolute atomic E-state index is 12.5. The lowest BCUT2D eigenvalue weighted by Crippen LogP contribution is -2.27. The van der Waals surface area contributed by atoms with E-state index >= 15 is 0 Å². The smallest absolute Gasteiger partial charge is 0.393 e. The normalized spacial score (nSPS) is 21.4. The van der Waals surface area contributed by atoms with Crippen molar-refractivity contribution in [3.8, 4) is 0 Å². The van der Waals surface area contributed by atoms with Crippen LogP contribution in [0.4, 0.5) is 24.5 Å². The number of alkyl halides is 3. The lowest BCUT2D eigenvalue weighted by Gasteiger charge is -2.21. The first-order valence-electron chi connectivity index (χ1n) is 5.14. The van der Waals surface area contributed by atoms with Crippen molar-refractivity contribution in [3.63, 3.8) is 0 Å². The molecule has 0 aromatic heterocycles. The zero-order valence-corrected chi connectivity index (χ0v) is 8.67. The van der Waals surface area contributed by atoms with Gasteiger partial charge in [0, 0.05) is 13.1 Å². The molecule has 1 aromatic carbocycles. The number of hydrogen-bond donors (Lipinski definition) is 1. The monoisotopic (exact) mass is 230 g/mol. The molecule has 0 saturated carbocycles. The summed E-state index contributed by atoms with van der Waals surface area (Å²) in [7, 11) is 0. The predicted molar refractivity (Wildman–Crippen MR) is 57.2 cm³/mol. The Kier molecular flexibility index (Phi) is 2.69. The highest BCUT2D eigenvalue weighted by atomic mass is 19.4. The second-order valence-electron chi connectivity index (χ2n) is 4.03. The molecular weight excluding hydrogens is 217 g/mol. The van der Waals surface area contributed by atoms with Gasteiger partial charge in [0.05, 0.1) is 17.3 Å². The molecule has 1 aliphatic heterocycles. The van der Waals surface area contributed by atoms with E-state index in [1.165, 1.54) is 0 Å². The average molecular weight is 230 g/mol. The Morgan fingerprint density at radius 3 is 2.50 bits per heavy atom. The molecule has 1 fully saturated rings. The van der Waals surface area contributed by atoms with E-state index < -0.39 is 12.1 Å². The van der Waals surface area contributed by atoms with Crippen LogP contribution in [0.1, 0.15) is 6.42 Å². The number of nitrogens with two attached hydrogens (primary N) is 1. The molecule has 1 aliphatic rings. The number of benzene rings is 1. The van der Waals surface area contributed by atoms with E-state index in [1.807, 2.05) is 0 Å². The summed E-state index contributed by atoms with van der Waals surface area (Å²) in [5, 5.41) is 0. The Labute approximate surface area is 91.8 Å². The first-order chi connectivity index (χ1) is 7.48. The molecule has 16 heavy (non-hydrogen) atoms. The minimum Gasteiger partial charge on any atom is -0.397 e. The van der Waals surface area contributed by atoms with Gasteiger partial charge >= 0.3 is 6.18 Å². The van der Waals surface area contributed by atoms with E-state index in [2.05, 4.69) is 0 Å². The SMILES string of the molecule is Nc1ccccc1N1CC[C@@H](C(F)(F)F)C1. The topological polar surface area (TPSA) is 29.3 Å². The average Bonchev–Trinajstić information content (AvgIpc) is 2.66. The predicted octanol–water partition coefficient (Wildman–Crippen LogP) is 2.66. The van der Waals surface area contributed by atoms with E-state index in [1.54, 1.807) is 29.2 Å². The molecule has 0 aliphatic carbocycles. The summed E-state index contributed by atoms with van der Waals surface area (Å²) in [5.41, 5.74) is 6.97. The number of hydrogen-bond acceptors (Lipinski definition) is 2. The fourth-order valence-electron chi connectivity index (χ4n) is 2.02. The van der Waals surface area contributed by atoms with Crippen molar-refractivity contribution in [1.82, 2.24) is 0 Å². The Morgan fingerprint density at radius 1 is 1.25 bits per heavy atom. The van der Waals surface area contributed by atoms with Gasteiger partial charge in [0.2, 0.25) is 0 Å². The van der Waals surface area contributed by atoms with Gasteiger partial charge < -0.3 is 10.6 Å². The first kappa shape index (κ1) is 11.1. The maximum atomic E-state index is 12.5. The summed E-state index contributed by atoms with van der Waals surface area (Å²) in [6, 6.07) is 7.02. The number of nitrogens with zero attached hydrogens (tertiary/aromatic N) is 1. The van der Waals surface area contributed by atoms with Crippen LogP contribution in [0.5, 0.6) is 0 Å². The third-order valence-corrected chi connectivity index (χ3v) is 2.93. The fraction of sp³-hybridized carbons (Fsp3) is 0.455. The molecule has 5 heteroatoms. The second-order valence-corrected chi connectivity index (χ2v) is 4.03. The van der Waals surface area contributed by atoms with E-state index in [0.29, 0.717) is 17.9 Å². The van der Waals surface area contributed by atoms with Crippen LogP contribution in [-0.2, 0) is 0 Å². The highest BCUT2D eigenvalue weighted by Crippen LogP contribution is 2.36. The first-order valence-corrected chi connectivity index (χ1v) is 5.14. The summed E-state index contributed by atoms with van der Waals surface area (Å²) in [6.07, 6.45) is -3.95. The fourth-order valence-corrected chi connectivity index (χ4v) is 2.02. The zero-order valence-electron chi connectivity index (χ0n) is 8.67. The molecule has 1 atom stereocenters. The lowest BCUT2D eigenvalue weighted by molar-refractivity contribution is -0.168. The van der Waals surface area contributed by atoms with Gasteiger partial charge in [-0.05, 0) is 18.6 Å². The Balaban J connectivity index is 2.13. The molecule has 0 bridgehead atoms.